The molecule has 0 spiro atoms. The zero-order valence-electron chi connectivity index (χ0n) is 12.1. The topological polar surface area (TPSA) is 65.8 Å². The summed E-state index contributed by atoms with van der Waals surface area (Å²) in [6, 6.07) is 19.3. The molecule has 0 atom stereocenters. The predicted octanol–water partition coefficient (Wildman–Crippen LogP) is 2.74. The van der Waals surface area contributed by atoms with Crippen LogP contribution < -0.4 is 10.9 Å². The molecule has 0 aliphatic carbocycles. The molecule has 0 unspecified atom stereocenters. The second kappa shape index (κ2) is 9.07. The number of carbonyl (C=O) groups excluding carboxylic acids is 1. The number of benzene rings is 2. The van der Waals surface area contributed by atoms with Crippen molar-refractivity contribution >= 4 is 18.5 Å². The zero-order chi connectivity index (χ0) is 15.5. The van der Waals surface area contributed by atoms with Gasteiger partial charge in [-0.2, -0.15) is 10.2 Å². The maximum Gasteiger partial charge on any atom is 0.355 e. The van der Waals surface area contributed by atoms with Gasteiger partial charge in [-0.1, -0.05) is 60.7 Å². The molecule has 5 nitrogen and oxygen atoms in total. The third kappa shape index (κ3) is 6.00. The number of nitrogens with one attached hydrogen (secondary N) is 2. The van der Waals surface area contributed by atoms with Crippen molar-refractivity contribution in [1.29, 1.82) is 0 Å². The summed E-state index contributed by atoms with van der Waals surface area (Å²) in [5, 5.41) is 7.69. The van der Waals surface area contributed by atoms with Crippen LogP contribution in [0.25, 0.3) is 0 Å². The van der Waals surface area contributed by atoms with Crippen LogP contribution in [0.4, 0.5) is 4.79 Å². The van der Waals surface area contributed by atoms with Gasteiger partial charge in [-0.25, -0.2) is 15.6 Å². The smallest absolute Gasteiger partial charge is 0.245 e. The lowest BCUT2D eigenvalue weighted by Gasteiger charge is -1.98. The number of nitrogens with zero attached hydrogens (tertiary/aromatic N) is 2. The summed E-state index contributed by atoms with van der Waals surface area (Å²) in [7, 11) is 0. The summed E-state index contributed by atoms with van der Waals surface area (Å²) >= 11 is 0. The average molecular weight is 294 g/mol. The van der Waals surface area contributed by atoms with Crippen LogP contribution in [0.2, 0.25) is 0 Å². The fourth-order valence-corrected chi connectivity index (χ4v) is 1.76. The monoisotopic (exact) mass is 294 g/mol. The van der Waals surface area contributed by atoms with E-state index in [1.165, 1.54) is 0 Å². The zero-order valence-corrected chi connectivity index (χ0v) is 12.1. The quantitative estimate of drug-likeness (QED) is 0.624. The van der Waals surface area contributed by atoms with Crippen LogP contribution in [0.1, 0.15) is 11.1 Å². The molecule has 2 aromatic rings. The highest BCUT2D eigenvalue weighted by atomic mass is 16.2. The van der Waals surface area contributed by atoms with Crippen LogP contribution in [0.5, 0.6) is 0 Å². The van der Waals surface area contributed by atoms with Gasteiger partial charge in [0.05, 0.1) is 0 Å². The van der Waals surface area contributed by atoms with E-state index in [4.69, 9.17) is 0 Å². The summed E-state index contributed by atoms with van der Waals surface area (Å²) < 4.78 is 0. The van der Waals surface area contributed by atoms with E-state index in [0.29, 0.717) is 12.8 Å². The summed E-state index contributed by atoms with van der Waals surface area (Å²) in [4.78, 5) is 11.4. The van der Waals surface area contributed by atoms with Gasteiger partial charge >= 0.3 is 6.03 Å². The molecule has 0 aliphatic rings. The minimum absolute atomic E-state index is 0.464. The first-order chi connectivity index (χ1) is 10.8. The summed E-state index contributed by atoms with van der Waals surface area (Å²) in [5.41, 5.74) is 6.98. The second-order valence-electron chi connectivity index (χ2n) is 4.56. The van der Waals surface area contributed by atoms with Gasteiger partial charge in [0.15, 0.2) is 0 Å². The van der Waals surface area contributed by atoms with Crippen LogP contribution >= 0.6 is 0 Å². The molecule has 0 saturated carbocycles. The molecule has 0 saturated heterocycles. The van der Waals surface area contributed by atoms with Gasteiger partial charge in [0.25, 0.3) is 0 Å². The fourth-order valence-electron chi connectivity index (χ4n) is 1.76. The SMILES string of the molecule is O=C(N/N=C\Cc1ccccc1)N/N=C\Cc1ccccc1. The number of urea groups is 1. The van der Waals surface area contributed by atoms with Gasteiger partial charge in [0.2, 0.25) is 0 Å². The van der Waals surface area contributed by atoms with Gasteiger partial charge in [0.1, 0.15) is 0 Å². The molecule has 0 fully saturated rings. The van der Waals surface area contributed by atoms with Gasteiger partial charge in [0, 0.05) is 25.3 Å². The van der Waals surface area contributed by atoms with Crippen LogP contribution in [0.15, 0.2) is 70.9 Å². The molecule has 0 heterocycles. The van der Waals surface area contributed by atoms with E-state index in [1.807, 2.05) is 60.7 Å². The lowest BCUT2D eigenvalue weighted by molar-refractivity contribution is 0.242. The standard InChI is InChI=1S/C17H18N4O/c22-17(20-18-13-11-15-7-3-1-4-8-15)21-19-14-12-16-9-5-2-6-10-16/h1-10,13-14H,11-12H2,(H2,20,21,22)/b18-13-,19-14-. The first-order valence-corrected chi connectivity index (χ1v) is 7.01. The highest BCUT2D eigenvalue weighted by Crippen LogP contribution is 1.97. The normalized spacial score (nSPS) is 10.9. The minimum Gasteiger partial charge on any atom is -0.245 e. The first-order valence-electron chi connectivity index (χ1n) is 7.01. The average Bonchev–Trinajstić information content (AvgIpc) is 2.57. The number of amides is 2. The number of rotatable bonds is 6. The van der Waals surface area contributed by atoms with Crippen molar-refractivity contribution in [1.82, 2.24) is 10.9 Å². The van der Waals surface area contributed by atoms with E-state index >= 15 is 0 Å². The van der Waals surface area contributed by atoms with Crippen molar-refractivity contribution < 1.29 is 4.79 Å². The van der Waals surface area contributed by atoms with Crippen molar-refractivity contribution in [2.45, 2.75) is 12.8 Å². The van der Waals surface area contributed by atoms with Gasteiger partial charge in [-0.05, 0) is 11.1 Å². The molecule has 112 valence electrons. The fraction of sp³-hybridized carbons (Fsp3) is 0.118. The number of carbonyl (C=O) groups is 1. The Morgan fingerprint density at radius 2 is 1.18 bits per heavy atom. The maximum atomic E-state index is 11.4. The Hall–Kier alpha value is -2.95. The number of hydrazone groups is 2. The molecule has 2 aromatic carbocycles. The minimum atomic E-state index is -0.464. The molecule has 2 N–H and O–H groups in total. The Balaban J connectivity index is 1.63. The third-order valence-corrected chi connectivity index (χ3v) is 2.85. The molecule has 22 heavy (non-hydrogen) atoms. The van der Waals surface area contributed by atoms with Crippen LogP contribution in [-0.2, 0) is 12.8 Å². The van der Waals surface area contributed by atoms with E-state index in [9.17, 15) is 4.79 Å². The first kappa shape index (κ1) is 15.4. The van der Waals surface area contributed by atoms with Gasteiger partial charge in [-0.15, -0.1) is 0 Å². The Morgan fingerprint density at radius 3 is 1.59 bits per heavy atom. The second-order valence-corrected chi connectivity index (χ2v) is 4.56. The van der Waals surface area contributed by atoms with E-state index in [-0.39, 0.29) is 0 Å². The Bertz CT molecular complexity index is 568. The molecule has 0 bridgehead atoms. The van der Waals surface area contributed by atoms with Gasteiger partial charge < -0.3 is 0 Å². The van der Waals surface area contributed by atoms with E-state index < -0.39 is 6.03 Å². The van der Waals surface area contributed by atoms with E-state index in [1.54, 1.807) is 12.4 Å². The summed E-state index contributed by atoms with van der Waals surface area (Å²) in [6.45, 7) is 0. The maximum absolute atomic E-state index is 11.4. The van der Waals surface area contributed by atoms with Crippen molar-refractivity contribution in [2.75, 3.05) is 0 Å². The van der Waals surface area contributed by atoms with Crippen molar-refractivity contribution in [3.8, 4) is 0 Å². The van der Waals surface area contributed by atoms with Crippen molar-refractivity contribution in [3.05, 3.63) is 71.8 Å². The number of hydrogen-bond acceptors (Lipinski definition) is 3. The largest absolute Gasteiger partial charge is 0.355 e. The third-order valence-electron chi connectivity index (χ3n) is 2.85. The Kier molecular flexibility index (Phi) is 6.37. The lowest BCUT2D eigenvalue weighted by atomic mass is 10.2. The van der Waals surface area contributed by atoms with Crippen molar-refractivity contribution in [2.24, 2.45) is 10.2 Å². The van der Waals surface area contributed by atoms with Crippen molar-refractivity contribution in [3.63, 3.8) is 0 Å². The molecule has 0 radical (unpaired) electrons. The molecule has 5 heteroatoms. The van der Waals surface area contributed by atoms with E-state index in [0.717, 1.165) is 11.1 Å². The number of hydrogen-bond donors (Lipinski definition) is 2. The van der Waals surface area contributed by atoms with Crippen LogP contribution in [0.3, 0.4) is 0 Å². The van der Waals surface area contributed by atoms with Gasteiger partial charge in [-0.3, -0.25) is 0 Å². The molecule has 0 aromatic heterocycles. The van der Waals surface area contributed by atoms with E-state index in [2.05, 4.69) is 21.1 Å². The molecular formula is C17H18N4O. The Labute approximate surface area is 129 Å². The highest BCUT2D eigenvalue weighted by Gasteiger charge is 1.94. The highest BCUT2D eigenvalue weighted by molar-refractivity contribution is 5.76. The molecule has 2 amide bonds. The van der Waals surface area contributed by atoms with Crippen LogP contribution in [-0.4, -0.2) is 18.5 Å². The summed E-state index contributed by atoms with van der Waals surface area (Å²) in [5.74, 6) is 0. The molecule has 0 aliphatic heterocycles. The molecule has 2 rings (SSSR count). The Morgan fingerprint density at radius 1 is 0.773 bits per heavy atom. The summed E-state index contributed by atoms with van der Waals surface area (Å²) in [6.07, 6.45) is 4.61. The van der Waals surface area contributed by atoms with Crippen LogP contribution in [0, 0.1) is 0 Å². The molecular weight excluding hydrogens is 276 g/mol. The predicted molar refractivity (Wildman–Crippen MR) is 88.9 cm³/mol. The lowest BCUT2D eigenvalue weighted by Crippen LogP contribution is -2.28.